The van der Waals surface area contributed by atoms with Crippen LogP contribution in [0, 0.1) is 17.3 Å². The molecule has 1 N–H and O–H groups in total. The Labute approximate surface area is 294 Å². The van der Waals surface area contributed by atoms with Crippen molar-refractivity contribution in [2.24, 2.45) is 17.3 Å². The lowest BCUT2D eigenvalue weighted by Gasteiger charge is -2.29. The number of sulfonamides is 1. The minimum absolute atomic E-state index is 0.0562. The van der Waals surface area contributed by atoms with Crippen LogP contribution >= 0.6 is 0 Å². The minimum atomic E-state index is -3.88. The molecule has 50 heavy (non-hydrogen) atoms. The summed E-state index contributed by atoms with van der Waals surface area (Å²) in [6.45, 7) is 1.88. The monoisotopic (exact) mass is 697 g/mol. The first-order chi connectivity index (χ1) is 24.1. The number of rotatable bonds is 8. The first kappa shape index (κ1) is 34.4. The number of hydrogen-bond donors (Lipinski definition) is 1. The van der Waals surface area contributed by atoms with Crippen LogP contribution in [0.1, 0.15) is 83.1 Å². The van der Waals surface area contributed by atoms with Crippen molar-refractivity contribution < 1.29 is 27.5 Å². The molecule has 7 rings (SSSR count). The third kappa shape index (κ3) is 7.09. The summed E-state index contributed by atoms with van der Waals surface area (Å²) in [5.74, 6) is -0.945. The number of hydrogen-bond acceptors (Lipinski definition) is 7. The summed E-state index contributed by atoms with van der Waals surface area (Å²) in [7, 11) is -3.88. The summed E-state index contributed by atoms with van der Waals surface area (Å²) in [6.07, 6.45) is 12.6. The van der Waals surface area contributed by atoms with Gasteiger partial charge in [0.2, 0.25) is 27.7 Å². The number of ether oxygens (including phenoxy) is 1. The van der Waals surface area contributed by atoms with Crippen molar-refractivity contribution in [3.63, 3.8) is 0 Å². The fourth-order valence-corrected chi connectivity index (χ4v) is 9.16. The van der Waals surface area contributed by atoms with Crippen molar-refractivity contribution in [2.45, 2.75) is 101 Å². The molecule has 0 spiro atoms. The largest absolute Gasteiger partial charge is 0.472 e. The third-order valence-electron chi connectivity index (χ3n) is 11.5. The molecule has 3 heterocycles. The number of aromatic nitrogens is 1. The number of fused-ring (bicyclic) bond motifs is 3. The summed E-state index contributed by atoms with van der Waals surface area (Å²) in [6, 6.07) is 19.1. The second-order valence-corrected chi connectivity index (χ2v) is 17.3. The highest BCUT2D eigenvalue weighted by molar-refractivity contribution is 7.91. The lowest BCUT2D eigenvalue weighted by molar-refractivity contribution is -0.142. The highest BCUT2D eigenvalue weighted by Gasteiger charge is 2.62. The van der Waals surface area contributed by atoms with E-state index in [1.807, 2.05) is 54.6 Å². The average Bonchev–Trinajstić information content (AvgIpc) is 3.99. The van der Waals surface area contributed by atoms with Crippen LogP contribution in [0.15, 0.2) is 79.0 Å². The Morgan fingerprint density at radius 3 is 2.60 bits per heavy atom. The van der Waals surface area contributed by atoms with Crippen molar-refractivity contribution in [1.82, 2.24) is 14.6 Å². The van der Waals surface area contributed by atoms with E-state index < -0.39 is 38.2 Å². The van der Waals surface area contributed by atoms with E-state index in [1.54, 1.807) is 18.0 Å². The molecule has 5 atom stereocenters. The summed E-state index contributed by atoms with van der Waals surface area (Å²) < 4.78 is 34.2. The molecule has 2 aromatic carbocycles. The SMILES string of the molecule is CC1(S(=O)(=O)NC(=O)[C@]23CC(=O)[C@@H]4C[C@@H](Oc5nccc6ccccc56)CN4C(=O)[C@@H](CCc4ccccc4)CCCCC/C=C\[C@@H]2C3)CC1. The molecule has 0 unspecified atom stereocenters. The number of nitrogens with one attached hydrogen (secondary N) is 1. The van der Waals surface area contributed by atoms with Gasteiger partial charge in [-0.2, -0.15) is 0 Å². The Kier molecular flexibility index (Phi) is 9.58. The maximum absolute atomic E-state index is 14.6. The molecule has 1 saturated heterocycles. The molecule has 0 bridgehead atoms. The number of pyridine rings is 1. The van der Waals surface area contributed by atoms with Crippen molar-refractivity contribution in [3.8, 4) is 5.88 Å². The number of carbonyl (C=O) groups is 3. The molecule has 10 heteroatoms. The zero-order chi connectivity index (χ0) is 34.9. The van der Waals surface area contributed by atoms with Crippen molar-refractivity contribution >= 4 is 38.4 Å². The Morgan fingerprint density at radius 2 is 1.80 bits per heavy atom. The van der Waals surface area contributed by atoms with Crippen LogP contribution in [0.2, 0.25) is 0 Å². The number of Topliss-reactive ketones (excluding diaryl/α,β-unsaturated/α-hetero) is 1. The van der Waals surface area contributed by atoms with Gasteiger partial charge in [0.05, 0.1) is 22.7 Å². The van der Waals surface area contributed by atoms with E-state index in [9.17, 15) is 22.8 Å². The standard InChI is InChI=1S/C40H47N3O6S/c1-39(21-22-39)50(47,48)42-38(46)40-25-31(40)16-9-4-2-3-8-15-30(19-18-28-12-6-5-7-13-28)37(45)43-27-32(24-34(43)35(44)26-40)49-36-33-17-11-10-14-29(33)20-23-41-36/h5-7,9-14,16-17,20,23,30-32,34H,2-4,8,15,18-19,21-22,24-27H2,1H3,(H,42,46)/b16-9-/t30-,31-,32-,34+,40-/m1/s1. The Hall–Kier alpha value is -4.05. The first-order valence-electron chi connectivity index (χ1n) is 18.2. The number of nitrogens with zero attached hydrogens (tertiary/aromatic N) is 2. The molecule has 9 nitrogen and oxygen atoms in total. The van der Waals surface area contributed by atoms with E-state index >= 15 is 0 Å². The third-order valence-corrected chi connectivity index (χ3v) is 13.7. The van der Waals surface area contributed by atoms with Gasteiger partial charge in [0.25, 0.3) is 0 Å². The van der Waals surface area contributed by atoms with Gasteiger partial charge in [0, 0.05) is 30.3 Å². The lowest BCUT2D eigenvalue weighted by Crippen LogP contribution is -2.47. The zero-order valence-corrected chi connectivity index (χ0v) is 29.6. The van der Waals surface area contributed by atoms with Gasteiger partial charge < -0.3 is 9.64 Å². The van der Waals surface area contributed by atoms with E-state index in [1.165, 1.54) is 5.56 Å². The number of ketones is 1. The summed E-state index contributed by atoms with van der Waals surface area (Å²) in [5.41, 5.74) is 0.00487. The number of benzene rings is 2. The average molecular weight is 698 g/mol. The summed E-state index contributed by atoms with van der Waals surface area (Å²) in [5, 5.41) is 1.83. The van der Waals surface area contributed by atoms with E-state index in [0.29, 0.717) is 31.6 Å². The molecular weight excluding hydrogens is 651 g/mol. The topological polar surface area (TPSA) is 123 Å². The van der Waals surface area contributed by atoms with Gasteiger partial charge in [-0.05, 0) is 87.3 Å². The van der Waals surface area contributed by atoms with Crippen molar-refractivity contribution in [1.29, 1.82) is 0 Å². The number of allylic oxidation sites excluding steroid dienone is 2. The minimum Gasteiger partial charge on any atom is -0.472 e. The second kappa shape index (κ2) is 13.9. The Balaban J connectivity index is 1.18. The summed E-state index contributed by atoms with van der Waals surface area (Å²) >= 11 is 0. The fraction of sp³-hybridized carbons (Fsp3) is 0.500. The van der Waals surface area contributed by atoms with Crippen LogP contribution in [-0.4, -0.2) is 59.3 Å². The number of carbonyl (C=O) groups excluding carboxylic acids is 3. The van der Waals surface area contributed by atoms with Gasteiger partial charge in [0.1, 0.15) is 6.10 Å². The smallest absolute Gasteiger partial charge is 0.240 e. The van der Waals surface area contributed by atoms with Crippen LogP contribution in [0.5, 0.6) is 5.88 Å². The lowest BCUT2D eigenvalue weighted by atomic mass is 9.90. The quantitative estimate of drug-likeness (QED) is 0.274. The van der Waals surface area contributed by atoms with Gasteiger partial charge in [-0.15, -0.1) is 0 Å². The second-order valence-electron chi connectivity index (χ2n) is 15.1. The Bertz CT molecular complexity index is 1890. The van der Waals surface area contributed by atoms with E-state index in [-0.39, 0.29) is 42.9 Å². The highest BCUT2D eigenvalue weighted by atomic mass is 32.2. The molecule has 1 aromatic heterocycles. The molecule has 4 aliphatic rings. The van der Waals surface area contributed by atoms with Crippen LogP contribution in [-0.2, 0) is 30.8 Å². The Morgan fingerprint density at radius 1 is 1.02 bits per heavy atom. The van der Waals surface area contributed by atoms with Crippen molar-refractivity contribution in [3.05, 3.63) is 84.6 Å². The van der Waals surface area contributed by atoms with Gasteiger partial charge in [-0.1, -0.05) is 73.5 Å². The van der Waals surface area contributed by atoms with Crippen LogP contribution in [0.4, 0.5) is 0 Å². The molecule has 3 fully saturated rings. The van der Waals surface area contributed by atoms with Gasteiger partial charge in [0.15, 0.2) is 5.78 Å². The molecule has 2 aliphatic carbocycles. The van der Waals surface area contributed by atoms with E-state index in [2.05, 4.69) is 27.9 Å². The molecule has 3 aromatic rings. The predicted octanol–water partition coefficient (Wildman–Crippen LogP) is 6.32. The van der Waals surface area contributed by atoms with E-state index in [0.717, 1.165) is 49.3 Å². The normalized spacial score (nSPS) is 28.9. The zero-order valence-electron chi connectivity index (χ0n) is 28.8. The maximum Gasteiger partial charge on any atom is 0.240 e. The fourth-order valence-electron chi connectivity index (χ4n) is 7.83. The van der Waals surface area contributed by atoms with Crippen LogP contribution in [0.25, 0.3) is 10.8 Å². The molecule has 2 amide bonds. The molecular formula is C40H47N3O6S. The summed E-state index contributed by atoms with van der Waals surface area (Å²) in [4.78, 5) is 49.1. The van der Waals surface area contributed by atoms with Crippen LogP contribution in [0.3, 0.4) is 0 Å². The molecule has 0 radical (unpaired) electrons. The van der Waals surface area contributed by atoms with E-state index in [4.69, 9.17) is 4.74 Å². The van der Waals surface area contributed by atoms with Crippen LogP contribution < -0.4 is 9.46 Å². The molecule has 264 valence electrons. The number of amides is 2. The maximum atomic E-state index is 14.6. The molecule has 2 aliphatic heterocycles. The van der Waals surface area contributed by atoms with Crippen molar-refractivity contribution in [2.75, 3.05) is 6.54 Å². The van der Waals surface area contributed by atoms with Gasteiger partial charge in [-0.3, -0.25) is 19.1 Å². The predicted molar refractivity (Wildman–Crippen MR) is 192 cm³/mol. The molecule has 2 saturated carbocycles. The first-order valence-corrected chi connectivity index (χ1v) is 19.7. The highest BCUT2D eigenvalue weighted by Crippen LogP contribution is 2.57. The van der Waals surface area contributed by atoms with Gasteiger partial charge in [-0.25, -0.2) is 13.4 Å². The number of aryl methyl sites for hydroxylation is 1. The van der Waals surface area contributed by atoms with Gasteiger partial charge >= 0.3 is 0 Å².